The van der Waals surface area contributed by atoms with E-state index in [0.717, 1.165) is 5.56 Å². The van der Waals surface area contributed by atoms with Gasteiger partial charge in [0.15, 0.2) is 4.80 Å². The topological polar surface area (TPSA) is 87.0 Å². The maximum Gasteiger partial charge on any atom is 0.338 e. The van der Waals surface area contributed by atoms with E-state index in [1.807, 2.05) is 12.1 Å². The number of nitrogens with zero attached hydrogens (tertiary/aromatic N) is 2. The molecule has 0 aliphatic rings. The molecular weight excluding hydrogens is 440 g/mol. The van der Waals surface area contributed by atoms with Crippen molar-refractivity contribution in [2.24, 2.45) is 4.99 Å². The number of thiazole rings is 1. The van der Waals surface area contributed by atoms with Crippen molar-refractivity contribution < 1.29 is 23.9 Å². The number of esters is 2. The Bertz CT molecular complexity index is 1250. The average molecular weight is 469 g/mol. The summed E-state index contributed by atoms with van der Waals surface area (Å²) < 4.78 is 12.5. The van der Waals surface area contributed by atoms with E-state index in [2.05, 4.69) is 25.8 Å². The van der Waals surface area contributed by atoms with Crippen molar-refractivity contribution in [3.63, 3.8) is 0 Å². The number of aromatic nitrogens is 1. The maximum absolute atomic E-state index is 12.9. The molecule has 0 radical (unpaired) electrons. The Morgan fingerprint density at radius 3 is 2.18 bits per heavy atom. The molecule has 2 aromatic carbocycles. The van der Waals surface area contributed by atoms with Crippen LogP contribution < -0.4 is 4.80 Å². The van der Waals surface area contributed by atoms with E-state index in [1.165, 1.54) is 11.3 Å². The molecule has 0 atom stereocenters. The van der Waals surface area contributed by atoms with E-state index in [9.17, 15) is 14.4 Å². The lowest BCUT2D eigenvalue weighted by atomic mass is 9.87. The molecule has 0 N–H and O–H groups in total. The van der Waals surface area contributed by atoms with Gasteiger partial charge >= 0.3 is 11.9 Å². The molecule has 0 spiro atoms. The van der Waals surface area contributed by atoms with Crippen LogP contribution in [0.2, 0.25) is 0 Å². The monoisotopic (exact) mass is 468 g/mol. The highest BCUT2D eigenvalue weighted by Crippen LogP contribution is 2.23. The number of fused-ring (bicyclic) bond motifs is 1. The predicted molar refractivity (Wildman–Crippen MR) is 127 cm³/mol. The molecule has 0 aliphatic heterocycles. The molecule has 0 aliphatic carbocycles. The molecular formula is C25H28N2O5S. The van der Waals surface area contributed by atoms with Gasteiger partial charge in [-0.15, -0.1) is 0 Å². The SMILES string of the molecule is CCOC(=O)Cn1c(=NC(=O)c2ccc(C(C)(C)C)cc2)sc2cc(C(=O)OCC)ccc21. The molecule has 0 bridgehead atoms. The lowest BCUT2D eigenvalue weighted by Crippen LogP contribution is -2.23. The zero-order valence-corrected chi connectivity index (χ0v) is 20.3. The van der Waals surface area contributed by atoms with Crippen molar-refractivity contribution in [3.05, 3.63) is 64.0 Å². The molecule has 3 aromatic rings. The summed E-state index contributed by atoms with van der Waals surface area (Å²) in [5.41, 5.74) is 2.61. The minimum absolute atomic E-state index is 0.0243. The van der Waals surface area contributed by atoms with Crippen LogP contribution in [-0.4, -0.2) is 35.6 Å². The van der Waals surface area contributed by atoms with E-state index in [4.69, 9.17) is 9.47 Å². The van der Waals surface area contributed by atoms with Crippen LogP contribution in [0.3, 0.4) is 0 Å². The number of hydrogen-bond acceptors (Lipinski definition) is 6. The van der Waals surface area contributed by atoms with Crippen LogP contribution in [0.1, 0.15) is 60.9 Å². The fourth-order valence-corrected chi connectivity index (χ4v) is 4.32. The van der Waals surface area contributed by atoms with Crippen LogP contribution in [0.4, 0.5) is 0 Å². The first-order chi connectivity index (χ1) is 15.6. The van der Waals surface area contributed by atoms with Gasteiger partial charge in [-0.05, 0) is 55.2 Å². The summed E-state index contributed by atoms with van der Waals surface area (Å²) in [7, 11) is 0. The molecule has 7 nitrogen and oxygen atoms in total. The Hall–Kier alpha value is -3.26. The van der Waals surface area contributed by atoms with Gasteiger partial charge in [-0.3, -0.25) is 9.59 Å². The second kappa shape index (κ2) is 10.1. The first-order valence-corrected chi connectivity index (χ1v) is 11.6. The van der Waals surface area contributed by atoms with Gasteiger partial charge in [0.25, 0.3) is 5.91 Å². The second-order valence-electron chi connectivity index (χ2n) is 8.42. The predicted octanol–water partition coefficient (Wildman–Crippen LogP) is 4.48. The Morgan fingerprint density at radius 1 is 0.939 bits per heavy atom. The van der Waals surface area contributed by atoms with Crippen LogP contribution in [0.15, 0.2) is 47.5 Å². The highest BCUT2D eigenvalue weighted by atomic mass is 32.1. The fraction of sp³-hybridized carbons (Fsp3) is 0.360. The van der Waals surface area contributed by atoms with Gasteiger partial charge in [-0.1, -0.05) is 44.2 Å². The number of carbonyl (C=O) groups excluding carboxylic acids is 3. The summed E-state index contributed by atoms with van der Waals surface area (Å²) >= 11 is 1.22. The molecule has 0 fully saturated rings. The van der Waals surface area contributed by atoms with Crippen LogP contribution in [0.5, 0.6) is 0 Å². The molecule has 0 unspecified atom stereocenters. The minimum atomic E-state index is -0.435. The van der Waals surface area contributed by atoms with E-state index < -0.39 is 17.8 Å². The van der Waals surface area contributed by atoms with Gasteiger partial charge in [0.2, 0.25) is 0 Å². The highest BCUT2D eigenvalue weighted by Gasteiger charge is 2.17. The third kappa shape index (κ3) is 5.76. The van der Waals surface area contributed by atoms with Crippen LogP contribution in [0.25, 0.3) is 10.2 Å². The van der Waals surface area contributed by atoms with Crippen molar-refractivity contribution in [1.82, 2.24) is 4.57 Å². The average Bonchev–Trinajstić information content (AvgIpc) is 3.09. The molecule has 174 valence electrons. The molecule has 8 heteroatoms. The lowest BCUT2D eigenvalue weighted by molar-refractivity contribution is -0.143. The van der Waals surface area contributed by atoms with Crippen molar-refractivity contribution in [3.8, 4) is 0 Å². The maximum atomic E-state index is 12.9. The van der Waals surface area contributed by atoms with E-state index in [-0.39, 0.29) is 25.2 Å². The number of rotatable bonds is 6. The number of hydrogen-bond donors (Lipinski definition) is 0. The zero-order chi connectivity index (χ0) is 24.2. The van der Waals surface area contributed by atoms with Crippen molar-refractivity contribution in [2.75, 3.05) is 13.2 Å². The van der Waals surface area contributed by atoms with Crippen LogP contribution in [0, 0.1) is 0 Å². The fourth-order valence-electron chi connectivity index (χ4n) is 3.25. The van der Waals surface area contributed by atoms with Gasteiger partial charge in [0.1, 0.15) is 6.54 Å². The second-order valence-corrected chi connectivity index (χ2v) is 9.43. The van der Waals surface area contributed by atoms with Gasteiger partial charge < -0.3 is 14.0 Å². The van der Waals surface area contributed by atoms with Gasteiger partial charge in [0.05, 0.1) is 29.0 Å². The van der Waals surface area contributed by atoms with Crippen LogP contribution >= 0.6 is 11.3 Å². The number of ether oxygens (including phenoxy) is 2. The van der Waals surface area contributed by atoms with Crippen molar-refractivity contribution in [2.45, 2.75) is 46.6 Å². The Labute approximate surface area is 196 Å². The quantitative estimate of drug-likeness (QED) is 0.498. The number of carbonyl (C=O) groups is 3. The summed E-state index contributed by atoms with van der Waals surface area (Å²) in [6, 6.07) is 12.4. The first kappa shape index (κ1) is 24.4. The normalized spacial score (nSPS) is 12.1. The number of benzene rings is 2. The minimum Gasteiger partial charge on any atom is -0.465 e. The van der Waals surface area contributed by atoms with E-state index in [0.29, 0.717) is 26.1 Å². The molecule has 3 rings (SSSR count). The molecule has 1 heterocycles. The molecule has 33 heavy (non-hydrogen) atoms. The van der Waals surface area contributed by atoms with Gasteiger partial charge in [-0.2, -0.15) is 4.99 Å². The van der Waals surface area contributed by atoms with Crippen molar-refractivity contribution >= 4 is 39.4 Å². The zero-order valence-electron chi connectivity index (χ0n) is 19.5. The van der Waals surface area contributed by atoms with E-state index >= 15 is 0 Å². The Balaban J connectivity index is 2.06. The van der Waals surface area contributed by atoms with E-state index in [1.54, 1.807) is 48.7 Å². The van der Waals surface area contributed by atoms with Gasteiger partial charge in [-0.25, -0.2) is 4.79 Å². The van der Waals surface area contributed by atoms with Crippen LogP contribution in [-0.2, 0) is 26.2 Å². The summed E-state index contributed by atoms with van der Waals surface area (Å²) in [4.78, 5) is 41.9. The van der Waals surface area contributed by atoms with Gasteiger partial charge in [0, 0.05) is 5.56 Å². The first-order valence-electron chi connectivity index (χ1n) is 10.8. The number of amides is 1. The Kier molecular flexibility index (Phi) is 7.48. The summed E-state index contributed by atoms with van der Waals surface area (Å²) in [5, 5.41) is 0. The molecule has 0 saturated heterocycles. The molecule has 1 aromatic heterocycles. The highest BCUT2D eigenvalue weighted by molar-refractivity contribution is 7.16. The largest absolute Gasteiger partial charge is 0.465 e. The summed E-state index contributed by atoms with van der Waals surface area (Å²) in [5.74, 6) is -1.28. The molecule has 1 amide bonds. The third-order valence-corrected chi connectivity index (χ3v) is 6.02. The summed E-state index contributed by atoms with van der Waals surface area (Å²) in [6.45, 7) is 10.2. The molecule has 0 saturated carbocycles. The Morgan fingerprint density at radius 2 is 1.58 bits per heavy atom. The smallest absolute Gasteiger partial charge is 0.338 e. The third-order valence-electron chi connectivity index (χ3n) is 4.98. The van der Waals surface area contributed by atoms with Crippen molar-refractivity contribution in [1.29, 1.82) is 0 Å². The lowest BCUT2D eigenvalue weighted by Gasteiger charge is -2.18. The standard InChI is InChI=1S/C25H28N2O5S/c1-6-31-21(28)15-27-19-13-10-17(23(30)32-7-2)14-20(19)33-24(27)26-22(29)16-8-11-18(12-9-16)25(3,4)5/h8-14H,6-7,15H2,1-5H3. The summed E-state index contributed by atoms with van der Waals surface area (Å²) in [6.07, 6.45) is 0.